The molecule has 0 saturated carbocycles. The monoisotopic (exact) mass is 200 g/mol. The van der Waals surface area contributed by atoms with Crippen LogP contribution in [0.5, 0.6) is 10.1 Å². The van der Waals surface area contributed by atoms with Gasteiger partial charge in [-0.15, -0.1) is 0 Å². The number of aromatic hydroxyl groups is 2. The molecular formula is C10H16O2S. The molecule has 0 spiro atoms. The van der Waals surface area contributed by atoms with Crippen LogP contribution in [-0.2, 0) is 6.42 Å². The van der Waals surface area contributed by atoms with E-state index in [9.17, 15) is 5.11 Å². The van der Waals surface area contributed by atoms with Crippen molar-refractivity contribution in [3.8, 4) is 10.1 Å². The molecule has 0 saturated heterocycles. The lowest BCUT2D eigenvalue weighted by Gasteiger charge is -1.97. The lowest BCUT2D eigenvalue weighted by molar-refractivity contribution is 0.482. The zero-order valence-corrected chi connectivity index (χ0v) is 8.73. The lowest BCUT2D eigenvalue weighted by Crippen LogP contribution is -1.82. The van der Waals surface area contributed by atoms with Crippen LogP contribution in [0.3, 0.4) is 0 Å². The summed E-state index contributed by atoms with van der Waals surface area (Å²) in [6, 6.07) is 1.66. The molecule has 0 amide bonds. The summed E-state index contributed by atoms with van der Waals surface area (Å²) in [6.07, 6.45) is 5.64. The fourth-order valence-corrected chi connectivity index (χ4v) is 2.02. The second-order valence-corrected chi connectivity index (χ2v) is 4.23. The van der Waals surface area contributed by atoms with Crippen molar-refractivity contribution in [1.82, 2.24) is 0 Å². The Morgan fingerprint density at radius 2 is 2.00 bits per heavy atom. The average Bonchev–Trinajstić information content (AvgIpc) is 2.39. The zero-order chi connectivity index (χ0) is 9.68. The van der Waals surface area contributed by atoms with E-state index in [0.717, 1.165) is 29.7 Å². The van der Waals surface area contributed by atoms with Crippen LogP contribution < -0.4 is 0 Å². The van der Waals surface area contributed by atoms with Crippen LogP contribution in [0, 0.1) is 0 Å². The second-order valence-electron chi connectivity index (χ2n) is 3.23. The first kappa shape index (κ1) is 10.4. The van der Waals surface area contributed by atoms with Crippen LogP contribution in [0.4, 0.5) is 0 Å². The summed E-state index contributed by atoms with van der Waals surface area (Å²) in [6.45, 7) is 2.17. The van der Waals surface area contributed by atoms with Gasteiger partial charge in [0.15, 0.2) is 10.1 Å². The van der Waals surface area contributed by atoms with Crippen LogP contribution in [0.25, 0.3) is 0 Å². The van der Waals surface area contributed by atoms with Crippen LogP contribution in [0.15, 0.2) is 6.07 Å². The van der Waals surface area contributed by atoms with Crippen LogP contribution >= 0.6 is 11.3 Å². The van der Waals surface area contributed by atoms with Crippen molar-refractivity contribution < 1.29 is 10.2 Å². The van der Waals surface area contributed by atoms with E-state index in [2.05, 4.69) is 6.92 Å². The molecule has 0 aromatic carbocycles. The molecule has 0 aliphatic rings. The molecule has 0 atom stereocenters. The van der Waals surface area contributed by atoms with Gasteiger partial charge in [0.1, 0.15) is 0 Å². The van der Waals surface area contributed by atoms with Crippen molar-refractivity contribution in [2.24, 2.45) is 0 Å². The summed E-state index contributed by atoms with van der Waals surface area (Å²) < 4.78 is 0. The Morgan fingerprint density at radius 3 is 2.54 bits per heavy atom. The van der Waals surface area contributed by atoms with Gasteiger partial charge in [0.25, 0.3) is 0 Å². The molecular weight excluding hydrogens is 184 g/mol. The van der Waals surface area contributed by atoms with E-state index in [1.165, 1.54) is 19.3 Å². The van der Waals surface area contributed by atoms with Crippen LogP contribution in [-0.4, -0.2) is 10.2 Å². The Hall–Kier alpha value is -0.700. The van der Waals surface area contributed by atoms with Crippen LogP contribution in [0.1, 0.15) is 38.2 Å². The Labute approximate surface area is 82.8 Å². The van der Waals surface area contributed by atoms with Crippen molar-refractivity contribution in [3.63, 3.8) is 0 Å². The van der Waals surface area contributed by atoms with Gasteiger partial charge < -0.3 is 10.2 Å². The van der Waals surface area contributed by atoms with Gasteiger partial charge in [0.05, 0.1) is 0 Å². The van der Waals surface area contributed by atoms with E-state index in [-0.39, 0.29) is 10.1 Å². The third-order valence-corrected chi connectivity index (χ3v) is 2.86. The fraction of sp³-hybridized carbons (Fsp3) is 0.600. The number of unbranched alkanes of at least 4 members (excludes halogenated alkanes) is 3. The molecule has 2 nitrogen and oxygen atoms in total. The first-order valence-corrected chi connectivity index (χ1v) is 5.56. The van der Waals surface area contributed by atoms with Crippen molar-refractivity contribution in [2.45, 2.75) is 39.0 Å². The van der Waals surface area contributed by atoms with Crippen molar-refractivity contribution in [2.75, 3.05) is 0 Å². The molecule has 1 rings (SSSR count). The summed E-state index contributed by atoms with van der Waals surface area (Å²) in [4.78, 5) is 0. The molecule has 74 valence electrons. The number of hydrogen-bond acceptors (Lipinski definition) is 3. The molecule has 1 aromatic rings. The Bertz CT molecular complexity index is 255. The summed E-state index contributed by atoms with van der Waals surface area (Å²) in [5.41, 5.74) is 0.888. The highest BCUT2D eigenvalue weighted by Gasteiger charge is 2.05. The molecule has 13 heavy (non-hydrogen) atoms. The average molecular weight is 200 g/mol. The minimum absolute atomic E-state index is 0.211. The quantitative estimate of drug-likeness (QED) is 0.716. The minimum Gasteiger partial charge on any atom is -0.499 e. The maximum Gasteiger partial charge on any atom is 0.177 e. The first-order valence-electron chi connectivity index (χ1n) is 4.74. The first-order chi connectivity index (χ1) is 6.24. The van der Waals surface area contributed by atoms with Crippen molar-refractivity contribution >= 4 is 11.3 Å². The molecule has 1 heterocycles. The van der Waals surface area contributed by atoms with E-state index in [0.29, 0.717) is 0 Å². The van der Waals surface area contributed by atoms with Gasteiger partial charge >= 0.3 is 0 Å². The van der Waals surface area contributed by atoms with Crippen molar-refractivity contribution in [3.05, 3.63) is 11.6 Å². The van der Waals surface area contributed by atoms with Crippen molar-refractivity contribution in [1.29, 1.82) is 0 Å². The zero-order valence-electron chi connectivity index (χ0n) is 7.92. The van der Waals surface area contributed by atoms with E-state index in [1.807, 2.05) is 0 Å². The SMILES string of the molecule is CCCCCCc1cc(O)sc1O. The molecule has 2 N–H and O–H groups in total. The third kappa shape index (κ3) is 3.27. The topological polar surface area (TPSA) is 40.5 Å². The van der Waals surface area contributed by atoms with Gasteiger partial charge in [0, 0.05) is 5.56 Å². The molecule has 0 radical (unpaired) electrons. The van der Waals surface area contributed by atoms with Gasteiger partial charge in [-0.25, -0.2) is 0 Å². The van der Waals surface area contributed by atoms with E-state index < -0.39 is 0 Å². The predicted molar refractivity (Wildman–Crippen MR) is 55.5 cm³/mol. The summed E-state index contributed by atoms with van der Waals surface area (Å²) in [7, 11) is 0. The summed E-state index contributed by atoms with van der Waals surface area (Å²) >= 11 is 1.04. The standard InChI is InChI=1S/C10H16O2S/c1-2-3-4-5-6-8-7-9(11)13-10(8)12/h7,11-12H,2-6H2,1H3. The highest BCUT2D eigenvalue weighted by molar-refractivity contribution is 7.15. The van der Waals surface area contributed by atoms with E-state index >= 15 is 0 Å². The number of hydrogen-bond donors (Lipinski definition) is 2. The van der Waals surface area contributed by atoms with E-state index in [1.54, 1.807) is 6.07 Å². The number of rotatable bonds is 5. The summed E-state index contributed by atoms with van der Waals surface area (Å²) in [5.74, 6) is 0. The molecule has 0 bridgehead atoms. The van der Waals surface area contributed by atoms with Gasteiger partial charge in [-0.2, -0.15) is 0 Å². The Kier molecular flexibility index (Phi) is 4.09. The highest BCUT2D eigenvalue weighted by Crippen LogP contribution is 2.34. The second kappa shape index (κ2) is 5.12. The maximum absolute atomic E-state index is 9.35. The molecule has 0 aliphatic carbocycles. The lowest BCUT2D eigenvalue weighted by atomic mass is 10.1. The smallest absolute Gasteiger partial charge is 0.177 e. The van der Waals surface area contributed by atoms with Gasteiger partial charge in [-0.05, 0) is 18.9 Å². The van der Waals surface area contributed by atoms with Gasteiger partial charge in [-0.3, -0.25) is 0 Å². The largest absolute Gasteiger partial charge is 0.499 e. The minimum atomic E-state index is 0.211. The maximum atomic E-state index is 9.35. The number of aryl methyl sites for hydroxylation is 1. The van der Waals surface area contributed by atoms with Gasteiger partial charge in [0.2, 0.25) is 0 Å². The Balaban J connectivity index is 2.32. The predicted octanol–water partition coefficient (Wildman–Crippen LogP) is 3.28. The summed E-state index contributed by atoms with van der Waals surface area (Å²) in [5, 5.41) is 18.9. The normalized spacial score (nSPS) is 10.5. The van der Waals surface area contributed by atoms with E-state index in [4.69, 9.17) is 5.11 Å². The fourth-order valence-electron chi connectivity index (χ4n) is 1.33. The molecule has 3 heteroatoms. The molecule has 0 unspecified atom stereocenters. The van der Waals surface area contributed by atoms with Crippen LogP contribution in [0.2, 0.25) is 0 Å². The molecule has 1 aromatic heterocycles. The molecule has 0 aliphatic heterocycles. The Morgan fingerprint density at radius 1 is 1.23 bits per heavy atom. The number of thiophene rings is 1. The molecule has 0 fully saturated rings. The third-order valence-electron chi connectivity index (χ3n) is 2.07. The van der Waals surface area contributed by atoms with Gasteiger partial charge in [-0.1, -0.05) is 37.5 Å². The highest BCUT2D eigenvalue weighted by atomic mass is 32.1.